The van der Waals surface area contributed by atoms with Gasteiger partial charge in [-0.25, -0.2) is 14.8 Å². The Balaban J connectivity index is 1.99. The number of amides is 2. The number of hydrogen-bond acceptors (Lipinski definition) is 4. The molecule has 2 rings (SSSR count). The van der Waals surface area contributed by atoms with Crippen molar-refractivity contribution >= 4 is 6.03 Å². The zero-order chi connectivity index (χ0) is 16.1. The molecule has 0 aliphatic carbocycles. The average Bonchev–Trinajstić information content (AvgIpc) is 2.47. The van der Waals surface area contributed by atoms with Crippen molar-refractivity contribution in [3.8, 4) is 6.01 Å². The van der Waals surface area contributed by atoms with E-state index in [2.05, 4.69) is 9.97 Å². The maximum absolute atomic E-state index is 12.4. The van der Waals surface area contributed by atoms with Crippen molar-refractivity contribution < 1.29 is 9.53 Å². The maximum atomic E-state index is 12.4. The number of likely N-dealkylation sites (tertiary alicyclic amines) is 1. The van der Waals surface area contributed by atoms with Crippen LogP contribution in [0.25, 0.3) is 0 Å². The van der Waals surface area contributed by atoms with Gasteiger partial charge in [0, 0.05) is 31.0 Å². The molecule has 1 unspecified atom stereocenters. The summed E-state index contributed by atoms with van der Waals surface area (Å²) in [6, 6.07) is 2.43. The number of hydrogen-bond donors (Lipinski definition) is 0. The topological polar surface area (TPSA) is 58.6 Å². The van der Waals surface area contributed by atoms with E-state index in [0.717, 1.165) is 43.9 Å². The molecule has 1 aliphatic rings. The summed E-state index contributed by atoms with van der Waals surface area (Å²) in [5, 5.41) is 0. The molecule has 122 valence electrons. The molecule has 0 aromatic carbocycles. The fraction of sp³-hybridized carbons (Fsp3) is 0.688. The molecule has 1 atom stereocenters. The standard InChI is InChI=1S/C16H26N4O2/c1-5-19(6-2)16(21)20-9-7-8-14(11-20)22-15-17-12(3)10-13(4)18-15/h10,14H,5-9,11H2,1-4H3. The van der Waals surface area contributed by atoms with Crippen molar-refractivity contribution in [1.29, 1.82) is 0 Å². The van der Waals surface area contributed by atoms with E-state index in [-0.39, 0.29) is 12.1 Å². The monoisotopic (exact) mass is 306 g/mol. The molecule has 1 fully saturated rings. The van der Waals surface area contributed by atoms with E-state index in [1.807, 2.05) is 43.6 Å². The molecule has 0 spiro atoms. The van der Waals surface area contributed by atoms with Gasteiger partial charge in [0.25, 0.3) is 0 Å². The van der Waals surface area contributed by atoms with Gasteiger partial charge in [0.15, 0.2) is 0 Å². The van der Waals surface area contributed by atoms with Crippen LogP contribution in [0, 0.1) is 13.8 Å². The molecule has 6 nitrogen and oxygen atoms in total. The molecule has 0 bridgehead atoms. The summed E-state index contributed by atoms with van der Waals surface area (Å²) >= 11 is 0. The summed E-state index contributed by atoms with van der Waals surface area (Å²) in [4.78, 5) is 24.8. The minimum absolute atomic E-state index is 0.0329. The smallest absolute Gasteiger partial charge is 0.320 e. The van der Waals surface area contributed by atoms with E-state index < -0.39 is 0 Å². The van der Waals surface area contributed by atoms with E-state index in [1.54, 1.807) is 0 Å². The number of aromatic nitrogens is 2. The van der Waals surface area contributed by atoms with Crippen LogP contribution < -0.4 is 4.74 Å². The molecule has 0 radical (unpaired) electrons. The van der Waals surface area contributed by atoms with Gasteiger partial charge in [0.1, 0.15) is 6.10 Å². The van der Waals surface area contributed by atoms with Crippen molar-refractivity contribution in [2.45, 2.75) is 46.6 Å². The zero-order valence-electron chi connectivity index (χ0n) is 14.0. The first-order valence-corrected chi connectivity index (χ1v) is 8.06. The molecule has 2 heterocycles. The second-order valence-electron chi connectivity index (χ2n) is 5.72. The molecule has 1 aliphatic heterocycles. The Labute approximate surface area is 132 Å². The first kappa shape index (κ1) is 16.5. The zero-order valence-corrected chi connectivity index (χ0v) is 14.0. The number of rotatable bonds is 4. The van der Waals surface area contributed by atoms with Crippen molar-refractivity contribution in [1.82, 2.24) is 19.8 Å². The lowest BCUT2D eigenvalue weighted by Gasteiger charge is -2.35. The molecule has 6 heteroatoms. The van der Waals surface area contributed by atoms with E-state index in [1.165, 1.54) is 0 Å². The summed E-state index contributed by atoms with van der Waals surface area (Å²) in [6.45, 7) is 10.7. The number of nitrogens with zero attached hydrogens (tertiary/aromatic N) is 4. The minimum Gasteiger partial charge on any atom is -0.458 e. The molecule has 1 aromatic rings. The second-order valence-corrected chi connectivity index (χ2v) is 5.72. The Bertz CT molecular complexity index is 497. The third kappa shape index (κ3) is 4.08. The van der Waals surface area contributed by atoms with Gasteiger partial charge in [-0.2, -0.15) is 0 Å². The Hall–Kier alpha value is -1.85. The highest BCUT2D eigenvalue weighted by atomic mass is 16.5. The highest BCUT2D eigenvalue weighted by molar-refractivity contribution is 5.74. The molecule has 1 aromatic heterocycles. The first-order chi connectivity index (χ1) is 10.5. The Morgan fingerprint density at radius 1 is 1.32 bits per heavy atom. The lowest BCUT2D eigenvalue weighted by molar-refractivity contribution is 0.0804. The Kier molecular flexibility index (Phi) is 5.57. The van der Waals surface area contributed by atoms with Gasteiger partial charge < -0.3 is 14.5 Å². The van der Waals surface area contributed by atoms with Crippen LogP contribution in [0.1, 0.15) is 38.1 Å². The number of urea groups is 1. The number of aryl methyl sites for hydroxylation is 2. The molecule has 22 heavy (non-hydrogen) atoms. The van der Waals surface area contributed by atoms with Gasteiger partial charge in [-0.15, -0.1) is 0 Å². The van der Waals surface area contributed by atoms with Crippen LogP contribution in [-0.2, 0) is 0 Å². The fourth-order valence-electron chi connectivity index (χ4n) is 2.80. The Morgan fingerprint density at radius 2 is 1.95 bits per heavy atom. The van der Waals surface area contributed by atoms with E-state index in [0.29, 0.717) is 12.6 Å². The maximum Gasteiger partial charge on any atom is 0.320 e. The van der Waals surface area contributed by atoms with Crippen LogP contribution in [0.3, 0.4) is 0 Å². The van der Waals surface area contributed by atoms with Crippen LogP contribution in [0.2, 0.25) is 0 Å². The number of ether oxygens (including phenoxy) is 1. The largest absolute Gasteiger partial charge is 0.458 e. The quantitative estimate of drug-likeness (QED) is 0.857. The van der Waals surface area contributed by atoms with Crippen LogP contribution in [0.15, 0.2) is 6.07 Å². The Morgan fingerprint density at radius 3 is 2.55 bits per heavy atom. The van der Waals surface area contributed by atoms with Crippen molar-refractivity contribution in [3.63, 3.8) is 0 Å². The van der Waals surface area contributed by atoms with Crippen molar-refractivity contribution in [2.24, 2.45) is 0 Å². The van der Waals surface area contributed by atoms with Gasteiger partial charge >= 0.3 is 12.0 Å². The molecule has 1 saturated heterocycles. The van der Waals surface area contributed by atoms with E-state index in [9.17, 15) is 4.79 Å². The van der Waals surface area contributed by atoms with Gasteiger partial charge in [-0.3, -0.25) is 0 Å². The number of piperidine rings is 1. The molecule has 2 amide bonds. The van der Waals surface area contributed by atoms with Crippen LogP contribution in [0.5, 0.6) is 6.01 Å². The van der Waals surface area contributed by atoms with Crippen LogP contribution in [0.4, 0.5) is 4.79 Å². The summed E-state index contributed by atoms with van der Waals surface area (Å²) in [5.41, 5.74) is 1.80. The third-order valence-electron chi connectivity index (χ3n) is 3.92. The van der Waals surface area contributed by atoms with Crippen LogP contribution >= 0.6 is 0 Å². The fourth-order valence-corrected chi connectivity index (χ4v) is 2.80. The summed E-state index contributed by atoms with van der Waals surface area (Å²) in [5.74, 6) is 0. The van der Waals surface area contributed by atoms with Gasteiger partial charge in [0.05, 0.1) is 6.54 Å². The summed E-state index contributed by atoms with van der Waals surface area (Å²) in [6.07, 6.45) is 1.84. The average molecular weight is 306 g/mol. The van der Waals surface area contributed by atoms with E-state index in [4.69, 9.17) is 4.74 Å². The van der Waals surface area contributed by atoms with Gasteiger partial charge in [0.2, 0.25) is 0 Å². The molecule has 0 saturated carbocycles. The lowest BCUT2D eigenvalue weighted by Crippen LogP contribution is -2.50. The normalized spacial score (nSPS) is 18.2. The highest BCUT2D eigenvalue weighted by Gasteiger charge is 2.27. The lowest BCUT2D eigenvalue weighted by atomic mass is 10.1. The number of carbonyl (C=O) groups excluding carboxylic acids is 1. The highest BCUT2D eigenvalue weighted by Crippen LogP contribution is 2.17. The molecular formula is C16H26N4O2. The first-order valence-electron chi connectivity index (χ1n) is 8.06. The van der Waals surface area contributed by atoms with Gasteiger partial charge in [-0.1, -0.05) is 0 Å². The van der Waals surface area contributed by atoms with Crippen molar-refractivity contribution in [3.05, 3.63) is 17.5 Å². The van der Waals surface area contributed by atoms with Crippen LogP contribution in [-0.4, -0.2) is 58.1 Å². The third-order valence-corrected chi connectivity index (χ3v) is 3.92. The van der Waals surface area contributed by atoms with E-state index >= 15 is 0 Å². The SMILES string of the molecule is CCN(CC)C(=O)N1CCCC(Oc2nc(C)cc(C)n2)C1. The summed E-state index contributed by atoms with van der Waals surface area (Å²) in [7, 11) is 0. The second kappa shape index (κ2) is 7.42. The predicted molar refractivity (Wildman–Crippen MR) is 85.0 cm³/mol. The molecular weight excluding hydrogens is 280 g/mol. The van der Waals surface area contributed by atoms with Crippen molar-refractivity contribution in [2.75, 3.05) is 26.2 Å². The predicted octanol–water partition coefficient (Wildman–Crippen LogP) is 2.40. The minimum atomic E-state index is -0.0329. The van der Waals surface area contributed by atoms with Gasteiger partial charge in [-0.05, 0) is 46.6 Å². The summed E-state index contributed by atoms with van der Waals surface area (Å²) < 4.78 is 5.91. The molecule has 0 N–H and O–H groups in total. The number of carbonyl (C=O) groups is 1.